The summed E-state index contributed by atoms with van der Waals surface area (Å²) < 4.78 is 26.5. The topological polar surface area (TPSA) is 27.8 Å². The molecule has 0 radical (unpaired) electrons. The number of hydrogen-bond donors (Lipinski definition) is 2. The van der Waals surface area contributed by atoms with Crippen molar-refractivity contribution >= 4 is 10.9 Å². The van der Waals surface area contributed by atoms with Crippen LogP contribution in [0.15, 0.2) is 48.7 Å². The second-order valence-corrected chi connectivity index (χ2v) is 4.70. The van der Waals surface area contributed by atoms with E-state index in [-0.39, 0.29) is 0 Å². The maximum absolute atomic E-state index is 13.5. The van der Waals surface area contributed by atoms with E-state index in [2.05, 4.69) is 10.3 Å². The van der Waals surface area contributed by atoms with Crippen LogP contribution in [0, 0.1) is 11.6 Å². The van der Waals surface area contributed by atoms with Gasteiger partial charge in [0.05, 0.1) is 0 Å². The Balaban J connectivity index is 1.69. The highest BCUT2D eigenvalue weighted by Crippen LogP contribution is 2.17. The van der Waals surface area contributed by atoms with E-state index in [1.54, 1.807) is 0 Å². The van der Waals surface area contributed by atoms with Crippen molar-refractivity contribution in [1.82, 2.24) is 10.3 Å². The quantitative estimate of drug-likeness (QED) is 0.744. The first-order chi connectivity index (χ1) is 9.74. The van der Waals surface area contributed by atoms with Crippen LogP contribution in [0.3, 0.4) is 0 Å². The highest BCUT2D eigenvalue weighted by atomic mass is 19.1. The molecule has 0 aliphatic heterocycles. The van der Waals surface area contributed by atoms with Crippen LogP contribution in [-0.4, -0.2) is 4.98 Å². The second kappa shape index (κ2) is 5.43. The Labute approximate surface area is 115 Å². The van der Waals surface area contributed by atoms with Crippen molar-refractivity contribution in [1.29, 1.82) is 0 Å². The molecule has 0 amide bonds. The first kappa shape index (κ1) is 12.8. The summed E-state index contributed by atoms with van der Waals surface area (Å²) in [5.41, 5.74) is 2.52. The van der Waals surface area contributed by atoms with Crippen LogP contribution in [-0.2, 0) is 13.1 Å². The number of halogens is 2. The molecule has 0 saturated heterocycles. The average Bonchev–Trinajstić information content (AvgIpc) is 2.86. The Hall–Kier alpha value is -2.20. The third-order valence-corrected chi connectivity index (χ3v) is 3.31. The molecular weight excluding hydrogens is 258 g/mol. The summed E-state index contributed by atoms with van der Waals surface area (Å²) in [6, 6.07) is 11.5. The molecule has 0 fully saturated rings. The summed E-state index contributed by atoms with van der Waals surface area (Å²) in [5, 5.41) is 4.28. The van der Waals surface area contributed by atoms with Gasteiger partial charge in [-0.25, -0.2) is 8.78 Å². The van der Waals surface area contributed by atoms with Gasteiger partial charge in [-0.1, -0.05) is 18.2 Å². The highest BCUT2D eigenvalue weighted by molar-refractivity contribution is 5.82. The van der Waals surface area contributed by atoms with E-state index in [1.807, 2.05) is 30.5 Å². The van der Waals surface area contributed by atoms with Crippen molar-refractivity contribution in [3.05, 3.63) is 71.4 Å². The van der Waals surface area contributed by atoms with Crippen molar-refractivity contribution in [2.45, 2.75) is 13.1 Å². The third kappa shape index (κ3) is 2.56. The van der Waals surface area contributed by atoms with E-state index in [1.165, 1.54) is 6.07 Å². The Morgan fingerprint density at radius 2 is 1.75 bits per heavy atom. The van der Waals surface area contributed by atoms with Gasteiger partial charge in [-0.15, -0.1) is 0 Å². The zero-order valence-corrected chi connectivity index (χ0v) is 10.8. The Morgan fingerprint density at radius 1 is 0.950 bits per heavy atom. The molecular formula is C16H14F2N2. The molecule has 3 rings (SSSR count). The largest absolute Gasteiger partial charge is 0.361 e. The molecule has 3 aromatic rings. The second-order valence-electron chi connectivity index (χ2n) is 4.70. The SMILES string of the molecule is Fc1ccc(F)c(CNCc2c[nH]c3ccccc23)c1. The molecule has 0 unspecified atom stereocenters. The fourth-order valence-corrected chi connectivity index (χ4v) is 2.29. The number of benzene rings is 2. The molecule has 0 aliphatic carbocycles. The first-order valence-electron chi connectivity index (χ1n) is 6.43. The zero-order chi connectivity index (χ0) is 13.9. The number of nitrogens with one attached hydrogen (secondary N) is 2. The van der Waals surface area contributed by atoms with Crippen LogP contribution < -0.4 is 5.32 Å². The van der Waals surface area contributed by atoms with Gasteiger partial charge in [0.25, 0.3) is 0 Å². The summed E-state index contributed by atoms with van der Waals surface area (Å²) >= 11 is 0. The molecule has 0 spiro atoms. The fourth-order valence-electron chi connectivity index (χ4n) is 2.29. The van der Waals surface area contributed by atoms with Gasteiger partial charge in [0, 0.05) is 35.8 Å². The van der Waals surface area contributed by atoms with Crippen molar-refractivity contribution in [2.24, 2.45) is 0 Å². The number of aromatic amines is 1. The van der Waals surface area contributed by atoms with Crippen LogP contribution in [0.5, 0.6) is 0 Å². The monoisotopic (exact) mass is 272 g/mol. The highest BCUT2D eigenvalue weighted by Gasteiger charge is 2.05. The van der Waals surface area contributed by atoms with E-state index >= 15 is 0 Å². The van der Waals surface area contributed by atoms with Crippen LogP contribution in [0.2, 0.25) is 0 Å². The van der Waals surface area contributed by atoms with E-state index in [0.29, 0.717) is 18.7 Å². The number of fused-ring (bicyclic) bond motifs is 1. The van der Waals surface area contributed by atoms with Gasteiger partial charge in [-0.2, -0.15) is 0 Å². The van der Waals surface area contributed by atoms with Crippen molar-refractivity contribution < 1.29 is 8.78 Å². The maximum atomic E-state index is 13.5. The van der Waals surface area contributed by atoms with Crippen LogP contribution in [0.1, 0.15) is 11.1 Å². The molecule has 0 atom stereocenters. The standard InChI is InChI=1S/C16H14F2N2/c17-13-5-6-15(18)11(7-13)8-19-9-12-10-20-16-4-2-1-3-14(12)16/h1-7,10,19-20H,8-9H2. The van der Waals surface area contributed by atoms with Gasteiger partial charge in [0.1, 0.15) is 11.6 Å². The van der Waals surface area contributed by atoms with Gasteiger partial charge < -0.3 is 10.3 Å². The number of aromatic nitrogens is 1. The number of H-pyrrole nitrogens is 1. The molecule has 20 heavy (non-hydrogen) atoms. The third-order valence-electron chi connectivity index (χ3n) is 3.31. The minimum absolute atomic E-state index is 0.295. The van der Waals surface area contributed by atoms with E-state index < -0.39 is 11.6 Å². The van der Waals surface area contributed by atoms with Crippen molar-refractivity contribution in [3.63, 3.8) is 0 Å². The Morgan fingerprint density at radius 3 is 2.65 bits per heavy atom. The maximum Gasteiger partial charge on any atom is 0.127 e. The summed E-state index contributed by atoms with van der Waals surface area (Å²) in [6.07, 6.45) is 1.93. The predicted octanol–water partition coefficient (Wildman–Crippen LogP) is 3.74. The Bertz CT molecular complexity index is 734. The van der Waals surface area contributed by atoms with Crippen molar-refractivity contribution in [2.75, 3.05) is 0 Å². The molecule has 4 heteroatoms. The normalized spacial score (nSPS) is 11.1. The number of hydrogen-bond acceptors (Lipinski definition) is 1. The summed E-state index contributed by atoms with van der Waals surface area (Å²) in [5.74, 6) is -0.812. The van der Waals surface area contributed by atoms with Crippen LogP contribution >= 0.6 is 0 Å². The minimum Gasteiger partial charge on any atom is -0.361 e. The molecule has 2 aromatic carbocycles. The summed E-state index contributed by atoms with van der Waals surface area (Å²) in [4.78, 5) is 3.18. The van der Waals surface area contributed by atoms with Gasteiger partial charge in [-0.05, 0) is 29.8 Å². The lowest BCUT2D eigenvalue weighted by Crippen LogP contribution is -2.13. The fraction of sp³-hybridized carbons (Fsp3) is 0.125. The molecule has 2 N–H and O–H groups in total. The van der Waals surface area contributed by atoms with Crippen molar-refractivity contribution in [3.8, 4) is 0 Å². The molecule has 102 valence electrons. The molecule has 0 bridgehead atoms. The Kier molecular flexibility index (Phi) is 3.48. The molecule has 1 aromatic heterocycles. The van der Waals surface area contributed by atoms with Crippen LogP contribution in [0.25, 0.3) is 10.9 Å². The smallest absolute Gasteiger partial charge is 0.127 e. The molecule has 0 aliphatic rings. The van der Waals surface area contributed by atoms with Gasteiger partial charge in [0.2, 0.25) is 0 Å². The number of para-hydroxylation sites is 1. The zero-order valence-electron chi connectivity index (χ0n) is 10.8. The van der Waals surface area contributed by atoms with E-state index in [0.717, 1.165) is 28.6 Å². The van der Waals surface area contributed by atoms with Gasteiger partial charge in [0.15, 0.2) is 0 Å². The number of rotatable bonds is 4. The average molecular weight is 272 g/mol. The first-order valence-corrected chi connectivity index (χ1v) is 6.43. The lowest BCUT2D eigenvalue weighted by Gasteiger charge is -2.05. The van der Waals surface area contributed by atoms with E-state index in [9.17, 15) is 8.78 Å². The minimum atomic E-state index is -0.421. The summed E-state index contributed by atoms with van der Waals surface area (Å²) in [6.45, 7) is 0.892. The lowest BCUT2D eigenvalue weighted by atomic mass is 10.1. The predicted molar refractivity (Wildman–Crippen MR) is 75.2 cm³/mol. The van der Waals surface area contributed by atoms with Gasteiger partial charge >= 0.3 is 0 Å². The van der Waals surface area contributed by atoms with Crippen LogP contribution in [0.4, 0.5) is 8.78 Å². The van der Waals surface area contributed by atoms with E-state index in [4.69, 9.17) is 0 Å². The molecule has 2 nitrogen and oxygen atoms in total. The van der Waals surface area contributed by atoms with Gasteiger partial charge in [-0.3, -0.25) is 0 Å². The lowest BCUT2D eigenvalue weighted by molar-refractivity contribution is 0.569. The summed E-state index contributed by atoms with van der Waals surface area (Å²) in [7, 11) is 0. The molecule has 0 saturated carbocycles. The molecule has 1 heterocycles.